The van der Waals surface area contributed by atoms with Gasteiger partial charge in [0, 0.05) is 12.1 Å². The lowest BCUT2D eigenvalue weighted by Gasteiger charge is -2.19. The molecule has 0 heterocycles. The number of rotatable bonds is 5. The largest absolute Gasteiger partial charge is 0.496 e. The van der Waals surface area contributed by atoms with Crippen molar-refractivity contribution in [2.45, 2.75) is 45.7 Å². The molecular formula is C15H22N2O. The van der Waals surface area contributed by atoms with Gasteiger partial charge in [-0.05, 0) is 31.4 Å². The highest BCUT2D eigenvalue weighted by Gasteiger charge is 2.16. The van der Waals surface area contributed by atoms with Gasteiger partial charge in [0.2, 0.25) is 0 Å². The summed E-state index contributed by atoms with van der Waals surface area (Å²) in [6.45, 7) is 8.69. The van der Waals surface area contributed by atoms with Crippen molar-refractivity contribution in [3.05, 3.63) is 29.3 Å². The molecule has 0 atom stereocenters. The predicted octanol–water partition coefficient (Wildman–Crippen LogP) is 3.21. The monoisotopic (exact) mass is 246 g/mol. The van der Waals surface area contributed by atoms with E-state index in [0.29, 0.717) is 12.5 Å². The van der Waals surface area contributed by atoms with Gasteiger partial charge in [-0.2, -0.15) is 5.26 Å². The van der Waals surface area contributed by atoms with Crippen molar-refractivity contribution >= 4 is 0 Å². The smallest absolute Gasteiger partial charge is 0.123 e. The minimum Gasteiger partial charge on any atom is -0.496 e. The van der Waals surface area contributed by atoms with Crippen LogP contribution in [-0.2, 0) is 6.54 Å². The van der Waals surface area contributed by atoms with Crippen molar-refractivity contribution in [1.82, 2.24) is 5.32 Å². The Bertz CT molecular complexity index is 444. The number of methoxy groups -OCH3 is 1. The summed E-state index contributed by atoms with van der Waals surface area (Å²) in [5.74, 6) is 1.35. The summed E-state index contributed by atoms with van der Waals surface area (Å²) in [5, 5.41) is 12.2. The Morgan fingerprint density at radius 1 is 1.39 bits per heavy atom. The number of nitrogens with one attached hydrogen (secondary N) is 1. The molecule has 0 amide bonds. The van der Waals surface area contributed by atoms with Gasteiger partial charge in [-0.1, -0.05) is 26.0 Å². The maximum absolute atomic E-state index is 9.00. The summed E-state index contributed by atoms with van der Waals surface area (Å²) in [4.78, 5) is 0. The first-order valence-electron chi connectivity index (χ1n) is 6.22. The zero-order valence-electron chi connectivity index (χ0n) is 11.9. The van der Waals surface area contributed by atoms with Crippen LogP contribution in [0.2, 0.25) is 0 Å². The quantitative estimate of drug-likeness (QED) is 0.867. The molecule has 0 aromatic heterocycles. The molecule has 0 aliphatic carbocycles. The molecule has 1 rings (SSSR count). The van der Waals surface area contributed by atoms with E-state index in [1.54, 1.807) is 7.11 Å². The van der Waals surface area contributed by atoms with Gasteiger partial charge in [0.1, 0.15) is 11.3 Å². The van der Waals surface area contributed by atoms with Crippen LogP contribution >= 0.6 is 0 Å². The first-order chi connectivity index (χ1) is 8.39. The third kappa shape index (κ3) is 3.75. The van der Waals surface area contributed by atoms with E-state index in [1.807, 2.05) is 19.9 Å². The van der Waals surface area contributed by atoms with Crippen LogP contribution in [0.15, 0.2) is 18.2 Å². The van der Waals surface area contributed by atoms with Crippen molar-refractivity contribution in [2.24, 2.45) is 0 Å². The van der Waals surface area contributed by atoms with E-state index >= 15 is 0 Å². The zero-order valence-corrected chi connectivity index (χ0v) is 11.9. The molecule has 0 spiro atoms. The maximum atomic E-state index is 9.00. The second-order valence-corrected chi connectivity index (χ2v) is 5.32. The van der Waals surface area contributed by atoms with Crippen LogP contribution in [-0.4, -0.2) is 12.6 Å². The molecule has 0 fully saturated rings. The molecule has 1 aromatic carbocycles. The van der Waals surface area contributed by atoms with Crippen LogP contribution in [0.4, 0.5) is 0 Å². The van der Waals surface area contributed by atoms with Crippen LogP contribution in [0.3, 0.4) is 0 Å². The molecule has 0 saturated heterocycles. The third-order valence-corrected chi connectivity index (χ3v) is 2.97. The fourth-order valence-corrected chi connectivity index (χ4v) is 1.65. The normalized spacial score (nSPS) is 11.4. The number of nitriles is 1. The number of benzene rings is 1. The Morgan fingerprint density at radius 2 is 2.06 bits per heavy atom. The minimum absolute atomic E-state index is 0.485. The SMILES string of the molecule is COc1ccc(C(C)C)cc1CNC(C)(C)C#N. The summed E-state index contributed by atoms with van der Waals surface area (Å²) in [6.07, 6.45) is 0. The van der Waals surface area contributed by atoms with Gasteiger partial charge in [-0.25, -0.2) is 0 Å². The molecule has 3 heteroatoms. The molecule has 1 N–H and O–H groups in total. The Kier molecular flexibility index (Phi) is 4.75. The zero-order chi connectivity index (χ0) is 13.8. The molecule has 18 heavy (non-hydrogen) atoms. The molecule has 0 unspecified atom stereocenters. The van der Waals surface area contributed by atoms with Crippen LogP contribution < -0.4 is 10.1 Å². The Hall–Kier alpha value is -1.53. The van der Waals surface area contributed by atoms with Crippen molar-refractivity contribution < 1.29 is 4.74 Å². The van der Waals surface area contributed by atoms with Gasteiger partial charge in [0.15, 0.2) is 0 Å². The second-order valence-electron chi connectivity index (χ2n) is 5.32. The molecule has 0 saturated carbocycles. The van der Waals surface area contributed by atoms with Crippen molar-refractivity contribution in [3.63, 3.8) is 0 Å². The maximum Gasteiger partial charge on any atom is 0.123 e. The van der Waals surface area contributed by atoms with Gasteiger partial charge < -0.3 is 4.74 Å². The van der Waals surface area contributed by atoms with Crippen LogP contribution in [0.25, 0.3) is 0 Å². The highest BCUT2D eigenvalue weighted by atomic mass is 16.5. The van der Waals surface area contributed by atoms with Crippen LogP contribution in [0, 0.1) is 11.3 Å². The number of ether oxygens (including phenoxy) is 1. The van der Waals surface area contributed by atoms with E-state index in [1.165, 1.54) is 5.56 Å². The van der Waals surface area contributed by atoms with E-state index < -0.39 is 5.54 Å². The number of hydrogen-bond donors (Lipinski definition) is 1. The topological polar surface area (TPSA) is 45.0 Å². The van der Waals surface area contributed by atoms with Crippen molar-refractivity contribution in [3.8, 4) is 11.8 Å². The van der Waals surface area contributed by atoms with Crippen molar-refractivity contribution in [2.75, 3.05) is 7.11 Å². The molecule has 0 bridgehead atoms. The van der Waals surface area contributed by atoms with E-state index in [4.69, 9.17) is 10.00 Å². The molecule has 0 aliphatic heterocycles. The summed E-state index contributed by atoms with van der Waals surface area (Å²) < 4.78 is 5.36. The molecule has 1 aromatic rings. The average molecular weight is 246 g/mol. The van der Waals surface area contributed by atoms with E-state index in [-0.39, 0.29) is 0 Å². The predicted molar refractivity (Wildman–Crippen MR) is 73.6 cm³/mol. The summed E-state index contributed by atoms with van der Waals surface area (Å²) in [7, 11) is 1.67. The molecule has 0 radical (unpaired) electrons. The van der Waals surface area contributed by atoms with Gasteiger partial charge in [0.25, 0.3) is 0 Å². The van der Waals surface area contributed by atoms with Gasteiger partial charge in [0.05, 0.1) is 13.2 Å². The molecular weight excluding hydrogens is 224 g/mol. The van der Waals surface area contributed by atoms with E-state index in [2.05, 4.69) is 37.4 Å². The summed E-state index contributed by atoms with van der Waals surface area (Å²) in [5.41, 5.74) is 1.84. The fourth-order valence-electron chi connectivity index (χ4n) is 1.65. The van der Waals surface area contributed by atoms with Gasteiger partial charge in [-0.3, -0.25) is 5.32 Å². The number of nitrogens with zero attached hydrogens (tertiary/aromatic N) is 1. The fraction of sp³-hybridized carbons (Fsp3) is 0.533. The van der Waals surface area contributed by atoms with Crippen molar-refractivity contribution in [1.29, 1.82) is 5.26 Å². The minimum atomic E-state index is -0.529. The lowest BCUT2D eigenvalue weighted by Crippen LogP contribution is -2.37. The Morgan fingerprint density at radius 3 is 2.56 bits per heavy atom. The number of hydrogen-bond acceptors (Lipinski definition) is 3. The van der Waals surface area contributed by atoms with Crippen LogP contribution in [0.1, 0.15) is 44.7 Å². The summed E-state index contributed by atoms with van der Waals surface area (Å²) >= 11 is 0. The lowest BCUT2D eigenvalue weighted by molar-refractivity contribution is 0.402. The van der Waals surface area contributed by atoms with E-state index in [0.717, 1.165) is 11.3 Å². The second kappa shape index (κ2) is 5.88. The van der Waals surface area contributed by atoms with Gasteiger partial charge >= 0.3 is 0 Å². The Balaban J connectivity index is 2.92. The highest BCUT2D eigenvalue weighted by Crippen LogP contribution is 2.24. The van der Waals surface area contributed by atoms with E-state index in [9.17, 15) is 0 Å². The first kappa shape index (κ1) is 14.5. The highest BCUT2D eigenvalue weighted by molar-refractivity contribution is 5.38. The molecule has 98 valence electrons. The third-order valence-electron chi connectivity index (χ3n) is 2.97. The molecule has 3 nitrogen and oxygen atoms in total. The van der Waals surface area contributed by atoms with Crippen LogP contribution in [0.5, 0.6) is 5.75 Å². The summed E-state index contributed by atoms with van der Waals surface area (Å²) in [6, 6.07) is 8.45. The lowest BCUT2D eigenvalue weighted by atomic mass is 9.99. The van der Waals surface area contributed by atoms with Gasteiger partial charge in [-0.15, -0.1) is 0 Å². The molecule has 0 aliphatic rings. The average Bonchev–Trinajstić information content (AvgIpc) is 2.36. The first-order valence-corrected chi connectivity index (χ1v) is 6.22. The standard InChI is InChI=1S/C15H22N2O/c1-11(2)12-6-7-14(18-5)13(8-12)9-17-15(3,4)10-16/h6-8,11,17H,9H2,1-5H3. The Labute approximate surface area is 110 Å².